The summed E-state index contributed by atoms with van der Waals surface area (Å²) in [6, 6.07) is 2.36. The zero-order chi connectivity index (χ0) is 15.2. The summed E-state index contributed by atoms with van der Waals surface area (Å²) in [6.45, 7) is 5.76. The fraction of sp³-hybridized carbons (Fsp3) is 0.714. The number of methoxy groups -OCH3 is 1. The molecule has 1 unspecified atom stereocenters. The van der Waals surface area contributed by atoms with Gasteiger partial charge in [0.25, 0.3) is 0 Å². The van der Waals surface area contributed by atoms with Gasteiger partial charge in [0, 0.05) is 32.3 Å². The first kappa shape index (κ1) is 15.9. The molecule has 21 heavy (non-hydrogen) atoms. The number of hydrazine groups is 1. The fourth-order valence-corrected chi connectivity index (χ4v) is 2.79. The SMILES string of the molecule is CCC1CN(C)CCCN1c1cc(NN)nc(COC)n1. The van der Waals surface area contributed by atoms with Gasteiger partial charge in [-0.05, 0) is 26.4 Å². The average molecular weight is 294 g/mol. The van der Waals surface area contributed by atoms with Crippen LogP contribution in [-0.2, 0) is 11.3 Å². The number of hydrogen-bond acceptors (Lipinski definition) is 7. The van der Waals surface area contributed by atoms with E-state index in [4.69, 9.17) is 10.6 Å². The lowest BCUT2D eigenvalue weighted by molar-refractivity contribution is 0.178. The van der Waals surface area contributed by atoms with E-state index < -0.39 is 0 Å². The molecule has 1 saturated heterocycles. The molecule has 1 aromatic heterocycles. The Morgan fingerprint density at radius 1 is 1.43 bits per heavy atom. The fourth-order valence-electron chi connectivity index (χ4n) is 2.79. The van der Waals surface area contributed by atoms with E-state index in [-0.39, 0.29) is 0 Å². The summed E-state index contributed by atoms with van der Waals surface area (Å²) < 4.78 is 5.14. The molecule has 0 aromatic carbocycles. The van der Waals surface area contributed by atoms with Gasteiger partial charge < -0.3 is 20.0 Å². The zero-order valence-electron chi connectivity index (χ0n) is 13.2. The molecule has 0 radical (unpaired) electrons. The summed E-state index contributed by atoms with van der Waals surface area (Å²) in [4.78, 5) is 13.7. The van der Waals surface area contributed by atoms with Crippen LogP contribution >= 0.6 is 0 Å². The van der Waals surface area contributed by atoms with E-state index in [0.717, 1.165) is 38.3 Å². The van der Waals surface area contributed by atoms with Crippen LogP contribution in [0.4, 0.5) is 11.6 Å². The molecule has 118 valence electrons. The number of nitrogens with zero attached hydrogens (tertiary/aromatic N) is 4. The van der Waals surface area contributed by atoms with E-state index in [1.165, 1.54) is 0 Å². The maximum atomic E-state index is 5.53. The number of nitrogens with two attached hydrogens (primary N) is 1. The minimum atomic E-state index is 0.382. The van der Waals surface area contributed by atoms with Crippen LogP contribution in [0.25, 0.3) is 0 Å². The van der Waals surface area contributed by atoms with Gasteiger partial charge in [-0.1, -0.05) is 6.92 Å². The first-order valence-electron chi connectivity index (χ1n) is 7.46. The van der Waals surface area contributed by atoms with Crippen molar-refractivity contribution in [2.24, 2.45) is 5.84 Å². The van der Waals surface area contributed by atoms with Gasteiger partial charge in [-0.2, -0.15) is 0 Å². The standard InChI is InChI=1S/C14H26N6O/c1-4-11-9-19(2)6-5-7-20(11)14-8-12(18-15)16-13(17-14)10-21-3/h8,11H,4-7,9-10,15H2,1-3H3,(H,16,17,18). The lowest BCUT2D eigenvalue weighted by Crippen LogP contribution is -2.40. The predicted octanol–water partition coefficient (Wildman–Crippen LogP) is 0.829. The van der Waals surface area contributed by atoms with Gasteiger partial charge in [0.2, 0.25) is 0 Å². The van der Waals surface area contributed by atoms with E-state index in [2.05, 4.69) is 39.2 Å². The van der Waals surface area contributed by atoms with Crippen LogP contribution in [0.15, 0.2) is 6.07 Å². The van der Waals surface area contributed by atoms with Crippen molar-refractivity contribution in [3.05, 3.63) is 11.9 Å². The molecule has 0 saturated carbocycles. The molecular weight excluding hydrogens is 268 g/mol. The molecule has 1 fully saturated rings. The van der Waals surface area contributed by atoms with Crippen molar-refractivity contribution < 1.29 is 4.74 Å². The van der Waals surface area contributed by atoms with Crippen molar-refractivity contribution in [2.75, 3.05) is 44.1 Å². The van der Waals surface area contributed by atoms with Gasteiger partial charge >= 0.3 is 0 Å². The maximum Gasteiger partial charge on any atom is 0.158 e. The third-order valence-electron chi connectivity index (χ3n) is 3.85. The van der Waals surface area contributed by atoms with E-state index in [1.807, 2.05) is 6.07 Å². The second kappa shape index (κ2) is 7.53. The molecular formula is C14H26N6O. The molecule has 2 rings (SSSR count). The normalized spacial score (nSPS) is 20.4. The summed E-state index contributed by atoms with van der Waals surface area (Å²) in [5, 5.41) is 0. The van der Waals surface area contributed by atoms with Crippen molar-refractivity contribution in [1.82, 2.24) is 14.9 Å². The molecule has 7 heteroatoms. The molecule has 1 atom stereocenters. The monoisotopic (exact) mass is 294 g/mol. The average Bonchev–Trinajstić information content (AvgIpc) is 2.68. The van der Waals surface area contributed by atoms with Crippen molar-refractivity contribution in [3.63, 3.8) is 0 Å². The van der Waals surface area contributed by atoms with Crippen LogP contribution in [0.5, 0.6) is 0 Å². The van der Waals surface area contributed by atoms with Crippen molar-refractivity contribution >= 4 is 11.6 Å². The Labute approximate surface area is 126 Å². The highest BCUT2D eigenvalue weighted by Crippen LogP contribution is 2.22. The van der Waals surface area contributed by atoms with Gasteiger partial charge in [0.1, 0.15) is 18.2 Å². The summed E-state index contributed by atoms with van der Waals surface area (Å²) in [5.41, 5.74) is 2.62. The highest BCUT2D eigenvalue weighted by molar-refractivity contribution is 5.49. The van der Waals surface area contributed by atoms with E-state index >= 15 is 0 Å². The number of nitrogens with one attached hydrogen (secondary N) is 1. The van der Waals surface area contributed by atoms with Crippen LogP contribution in [0.2, 0.25) is 0 Å². The van der Waals surface area contributed by atoms with E-state index in [0.29, 0.717) is 24.3 Å². The van der Waals surface area contributed by atoms with Crippen LogP contribution in [0.1, 0.15) is 25.6 Å². The van der Waals surface area contributed by atoms with Crippen molar-refractivity contribution in [1.29, 1.82) is 0 Å². The van der Waals surface area contributed by atoms with Gasteiger partial charge in [-0.25, -0.2) is 15.8 Å². The van der Waals surface area contributed by atoms with E-state index in [9.17, 15) is 0 Å². The molecule has 7 nitrogen and oxygen atoms in total. The van der Waals surface area contributed by atoms with Gasteiger partial charge in [0.15, 0.2) is 5.82 Å². The summed E-state index contributed by atoms with van der Waals surface area (Å²) in [7, 11) is 3.82. The molecule has 3 N–H and O–H groups in total. The Kier molecular flexibility index (Phi) is 5.72. The molecule has 0 amide bonds. The minimum absolute atomic E-state index is 0.382. The highest BCUT2D eigenvalue weighted by atomic mass is 16.5. The molecule has 0 aliphatic carbocycles. The molecule has 0 spiro atoms. The summed E-state index contributed by atoms with van der Waals surface area (Å²) in [5.74, 6) is 7.72. The maximum absolute atomic E-state index is 5.53. The van der Waals surface area contributed by atoms with Crippen molar-refractivity contribution in [3.8, 4) is 0 Å². The van der Waals surface area contributed by atoms with Crippen molar-refractivity contribution in [2.45, 2.75) is 32.4 Å². The number of hydrogen-bond donors (Lipinski definition) is 2. The van der Waals surface area contributed by atoms with Gasteiger partial charge in [0.05, 0.1) is 0 Å². The van der Waals surface area contributed by atoms with E-state index in [1.54, 1.807) is 7.11 Å². The first-order chi connectivity index (χ1) is 10.2. The molecule has 0 bridgehead atoms. The molecule has 1 aliphatic rings. The zero-order valence-corrected chi connectivity index (χ0v) is 13.2. The number of rotatable bonds is 5. The topological polar surface area (TPSA) is 79.5 Å². The smallest absolute Gasteiger partial charge is 0.158 e. The van der Waals surface area contributed by atoms with Crippen LogP contribution < -0.4 is 16.2 Å². The third-order valence-corrected chi connectivity index (χ3v) is 3.85. The Morgan fingerprint density at radius 3 is 2.90 bits per heavy atom. The summed E-state index contributed by atoms with van der Waals surface area (Å²) >= 11 is 0. The number of anilines is 2. The number of nitrogen functional groups attached to an aromatic ring is 1. The Morgan fingerprint density at radius 2 is 2.24 bits per heavy atom. The second-order valence-electron chi connectivity index (χ2n) is 5.48. The number of aromatic nitrogens is 2. The predicted molar refractivity (Wildman–Crippen MR) is 84.1 cm³/mol. The molecule has 1 aliphatic heterocycles. The Balaban J connectivity index is 2.30. The Bertz CT molecular complexity index is 455. The third kappa shape index (κ3) is 4.03. The molecule has 1 aromatic rings. The first-order valence-corrected chi connectivity index (χ1v) is 7.46. The highest BCUT2D eigenvalue weighted by Gasteiger charge is 2.24. The number of likely N-dealkylation sites (N-methyl/N-ethyl adjacent to an activating group) is 1. The quantitative estimate of drug-likeness (QED) is 0.615. The van der Waals surface area contributed by atoms with Crippen LogP contribution in [0.3, 0.4) is 0 Å². The lowest BCUT2D eigenvalue weighted by atomic mass is 10.2. The van der Waals surface area contributed by atoms with Gasteiger partial charge in [-0.3, -0.25) is 0 Å². The van der Waals surface area contributed by atoms with Crippen LogP contribution in [0, 0.1) is 0 Å². The summed E-state index contributed by atoms with van der Waals surface area (Å²) in [6.07, 6.45) is 2.21. The van der Waals surface area contributed by atoms with Gasteiger partial charge in [-0.15, -0.1) is 0 Å². The molecule has 2 heterocycles. The largest absolute Gasteiger partial charge is 0.377 e. The second-order valence-corrected chi connectivity index (χ2v) is 5.48. The van der Waals surface area contributed by atoms with Crippen LogP contribution in [-0.4, -0.2) is 54.7 Å². The lowest BCUT2D eigenvalue weighted by Gasteiger charge is -2.31. The Hall–Kier alpha value is -1.44. The minimum Gasteiger partial charge on any atom is -0.377 e. The number of ether oxygens (including phenoxy) is 1.